The minimum Gasteiger partial charge on any atom is -0.219 e. The maximum absolute atomic E-state index is 13.2. The van der Waals surface area contributed by atoms with Crippen molar-refractivity contribution in [1.29, 1.82) is 5.26 Å². The first-order valence-electron chi connectivity index (χ1n) is 7.78. The molecule has 0 heterocycles. The van der Waals surface area contributed by atoms with Gasteiger partial charge in [-0.05, 0) is 37.1 Å². The van der Waals surface area contributed by atoms with Crippen molar-refractivity contribution in [2.75, 3.05) is 0 Å². The lowest BCUT2D eigenvalue weighted by Crippen LogP contribution is -2.25. The van der Waals surface area contributed by atoms with Crippen LogP contribution in [0.2, 0.25) is 0 Å². The van der Waals surface area contributed by atoms with Crippen LogP contribution >= 0.6 is 0 Å². The molecule has 1 atom stereocenters. The van der Waals surface area contributed by atoms with Gasteiger partial charge in [0.25, 0.3) is 0 Å². The second-order valence-electron chi connectivity index (χ2n) is 5.88. The summed E-state index contributed by atoms with van der Waals surface area (Å²) < 4.78 is 26.3. The topological polar surface area (TPSA) is 57.9 Å². The van der Waals surface area contributed by atoms with E-state index in [1.165, 1.54) is 6.07 Å². The smallest absolute Gasteiger partial charge is 0.206 e. The summed E-state index contributed by atoms with van der Waals surface area (Å²) in [7, 11) is -3.77. The van der Waals surface area contributed by atoms with E-state index in [1.807, 2.05) is 6.92 Å². The quantitative estimate of drug-likeness (QED) is 0.580. The SMILES string of the molecule is C#CCC(C#N)(CC=C)c1ccccc1S(=O)(=O)c1ccc(C)cc1. The molecular weight excluding hydrogens is 330 g/mol. The maximum atomic E-state index is 13.2. The second-order valence-corrected chi connectivity index (χ2v) is 7.80. The Balaban J connectivity index is 2.73. The number of aryl methyl sites for hydroxylation is 1. The van der Waals surface area contributed by atoms with E-state index in [2.05, 4.69) is 18.6 Å². The van der Waals surface area contributed by atoms with Crippen LogP contribution in [0.25, 0.3) is 0 Å². The molecular formula is C21H19NO2S. The first kappa shape index (κ1) is 18.5. The first-order chi connectivity index (χ1) is 11.9. The normalized spacial score (nSPS) is 13.2. The standard InChI is InChI=1S/C21H19NO2S/c1-4-14-21(16-22,15-5-2)19-8-6-7-9-20(19)25(23,24)18-12-10-17(3)11-13-18/h1,5-13H,2,14-15H2,3H3. The van der Waals surface area contributed by atoms with Gasteiger partial charge in [0.05, 0.1) is 21.3 Å². The highest BCUT2D eigenvalue weighted by Gasteiger charge is 2.36. The molecule has 2 rings (SSSR count). The van der Waals surface area contributed by atoms with Crippen LogP contribution < -0.4 is 0 Å². The zero-order valence-corrected chi connectivity index (χ0v) is 14.9. The van der Waals surface area contributed by atoms with Crippen LogP contribution in [0.3, 0.4) is 0 Å². The van der Waals surface area contributed by atoms with Gasteiger partial charge in [-0.3, -0.25) is 0 Å². The summed E-state index contributed by atoms with van der Waals surface area (Å²) in [5.74, 6) is 2.50. The van der Waals surface area contributed by atoms with Crippen LogP contribution in [-0.4, -0.2) is 8.42 Å². The van der Waals surface area contributed by atoms with Crippen LogP contribution in [0.15, 0.2) is 71.0 Å². The van der Waals surface area contributed by atoms with Crippen molar-refractivity contribution >= 4 is 9.84 Å². The number of nitrogens with zero attached hydrogens (tertiary/aromatic N) is 1. The summed E-state index contributed by atoms with van der Waals surface area (Å²) in [6.45, 7) is 5.58. The first-order valence-corrected chi connectivity index (χ1v) is 9.26. The van der Waals surface area contributed by atoms with Crippen molar-refractivity contribution < 1.29 is 8.42 Å². The molecule has 0 radical (unpaired) electrons. The molecule has 0 amide bonds. The van der Waals surface area contributed by atoms with E-state index >= 15 is 0 Å². The molecule has 2 aromatic rings. The van der Waals surface area contributed by atoms with E-state index < -0.39 is 15.3 Å². The fourth-order valence-corrected chi connectivity index (χ4v) is 4.34. The highest BCUT2D eigenvalue weighted by molar-refractivity contribution is 7.91. The lowest BCUT2D eigenvalue weighted by atomic mass is 9.76. The van der Waals surface area contributed by atoms with E-state index in [4.69, 9.17) is 6.42 Å². The minimum atomic E-state index is -3.77. The van der Waals surface area contributed by atoms with Crippen LogP contribution in [0.5, 0.6) is 0 Å². The van der Waals surface area contributed by atoms with Crippen molar-refractivity contribution in [3.8, 4) is 18.4 Å². The number of nitriles is 1. The van der Waals surface area contributed by atoms with Crippen LogP contribution in [0.4, 0.5) is 0 Å². The number of allylic oxidation sites excluding steroid dienone is 1. The summed E-state index contributed by atoms with van der Waals surface area (Å²) in [5.41, 5.74) is 0.263. The predicted octanol–water partition coefficient (Wildman–Crippen LogP) is 4.19. The Morgan fingerprint density at radius 2 is 1.84 bits per heavy atom. The molecule has 3 nitrogen and oxygen atoms in total. The minimum absolute atomic E-state index is 0.107. The van der Waals surface area contributed by atoms with Crippen molar-refractivity contribution in [2.45, 2.75) is 35.0 Å². The molecule has 0 aliphatic carbocycles. The highest BCUT2D eigenvalue weighted by Crippen LogP contribution is 2.37. The monoisotopic (exact) mass is 349 g/mol. The van der Waals surface area contributed by atoms with Gasteiger partial charge in [-0.1, -0.05) is 42.0 Å². The van der Waals surface area contributed by atoms with Crippen LogP contribution in [0.1, 0.15) is 24.0 Å². The average molecular weight is 349 g/mol. The molecule has 126 valence electrons. The molecule has 1 unspecified atom stereocenters. The van der Waals surface area contributed by atoms with Crippen molar-refractivity contribution in [2.24, 2.45) is 0 Å². The second kappa shape index (κ2) is 7.38. The maximum Gasteiger partial charge on any atom is 0.206 e. The number of sulfone groups is 1. The molecule has 4 heteroatoms. The number of hydrogen-bond donors (Lipinski definition) is 0. The van der Waals surface area contributed by atoms with Crippen LogP contribution in [-0.2, 0) is 15.3 Å². The van der Waals surface area contributed by atoms with E-state index in [0.717, 1.165) is 5.56 Å². The lowest BCUT2D eigenvalue weighted by molar-refractivity contribution is 0.552. The predicted molar refractivity (Wildman–Crippen MR) is 98.6 cm³/mol. The number of terminal acetylenes is 1. The summed E-state index contributed by atoms with van der Waals surface area (Å²) in [6, 6.07) is 15.4. The zero-order valence-electron chi connectivity index (χ0n) is 14.1. The summed E-state index contributed by atoms with van der Waals surface area (Å²) in [4.78, 5) is 0.300. The van der Waals surface area contributed by atoms with Gasteiger partial charge < -0.3 is 0 Å². The van der Waals surface area contributed by atoms with Gasteiger partial charge in [0.2, 0.25) is 9.84 Å². The van der Waals surface area contributed by atoms with Crippen molar-refractivity contribution in [3.63, 3.8) is 0 Å². The van der Waals surface area contributed by atoms with Gasteiger partial charge in [-0.15, -0.1) is 18.9 Å². The molecule has 25 heavy (non-hydrogen) atoms. The molecule has 0 aromatic heterocycles. The fraction of sp³-hybridized carbons (Fsp3) is 0.190. The molecule has 0 fully saturated rings. The van der Waals surface area contributed by atoms with Crippen molar-refractivity contribution in [3.05, 3.63) is 72.3 Å². The fourth-order valence-electron chi connectivity index (χ4n) is 2.78. The van der Waals surface area contributed by atoms with Gasteiger partial charge in [0.15, 0.2) is 0 Å². The zero-order chi connectivity index (χ0) is 18.5. The van der Waals surface area contributed by atoms with Crippen LogP contribution in [0, 0.1) is 30.6 Å². The lowest BCUT2D eigenvalue weighted by Gasteiger charge is -2.26. The molecule has 0 saturated carbocycles. The Morgan fingerprint density at radius 1 is 1.20 bits per heavy atom. The Labute approximate surface area is 149 Å². The number of benzene rings is 2. The largest absolute Gasteiger partial charge is 0.219 e. The third-order valence-corrected chi connectivity index (χ3v) is 5.96. The summed E-state index contributed by atoms with van der Waals surface area (Å²) in [6.07, 6.45) is 7.43. The summed E-state index contributed by atoms with van der Waals surface area (Å²) in [5, 5.41) is 9.80. The Bertz CT molecular complexity index is 960. The van der Waals surface area contributed by atoms with E-state index in [-0.39, 0.29) is 22.6 Å². The van der Waals surface area contributed by atoms with Crippen molar-refractivity contribution in [1.82, 2.24) is 0 Å². The summed E-state index contributed by atoms with van der Waals surface area (Å²) >= 11 is 0. The van der Waals surface area contributed by atoms with Gasteiger partial charge in [0.1, 0.15) is 0 Å². The molecule has 0 saturated heterocycles. The van der Waals surface area contributed by atoms with E-state index in [1.54, 1.807) is 48.5 Å². The third-order valence-electron chi connectivity index (χ3n) is 4.13. The van der Waals surface area contributed by atoms with Gasteiger partial charge in [-0.25, -0.2) is 8.42 Å². The molecule has 0 N–H and O–H groups in total. The van der Waals surface area contributed by atoms with E-state index in [0.29, 0.717) is 5.56 Å². The highest BCUT2D eigenvalue weighted by atomic mass is 32.2. The molecule has 0 bridgehead atoms. The molecule has 0 spiro atoms. The average Bonchev–Trinajstić information content (AvgIpc) is 2.62. The third kappa shape index (κ3) is 3.50. The molecule has 2 aromatic carbocycles. The Hall–Kier alpha value is -2.82. The Morgan fingerprint density at radius 3 is 2.40 bits per heavy atom. The van der Waals surface area contributed by atoms with E-state index in [9.17, 15) is 13.7 Å². The van der Waals surface area contributed by atoms with Gasteiger partial charge >= 0.3 is 0 Å². The van der Waals surface area contributed by atoms with Gasteiger partial charge in [-0.2, -0.15) is 5.26 Å². The molecule has 0 aliphatic rings. The number of rotatable bonds is 6. The number of hydrogen-bond acceptors (Lipinski definition) is 3. The Kier molecular flexibility index (Phi) is 5.47. The van der Waals surface area contributed by atoms with Gasteiger partial charge in [0, 0.05) is 6.42 Å². The molecule has 0 aliphatic heterocycles.